The van der Waals surface area contributed by atoms with Gasteiger partial charge in [-0.15, -0.1) is 0 Å². The van der Waals surface area contributed by atoms with Gasteiger partial charge in [0.1, 0.15) is 0 Å². The molecule has 0 spiro atoms. The zero-order chi connectivity index (χ0) is 6.85. The molecule has 9 heavy (non-hydrogen) atoms. The van der Waals surface area contributed by atoms with Crippen LogP contribution in [0.3, 0.4) is 0 Å². The van der Waals surface area contributed by atoms with E-state index < -0.39 is 19.3 Å². The summed E-state index contributed by atoms with van der Waals surface area (Å²) in [5, 5.41) is 0. The van der Waals surface area contributed by atoms with E-state index in [1.54, 1.807) is 0 Å². The number of rotatable bonds is 1. The Balaban J connectivity index is 2.71. The minimum absolute atomic E-state index is 0.243. The number of esters is 1. The average Bonchev–Trinajstić information content (AvgIpc) is 2.13. The quantitative estimate of drug-likeness (QED) is 0.400. The SMILES string of the molecule is O=C1OCCC1P(=O)=O. The van der Waals surface area contributed by atoms with E-state index in [-0.39, 0.29) is 6.61 Å². The van der Waals surface area contributed by atoms with Gasteiger partial charge in [-0.3, -0.25) is 4.79 Å². The summed E-state index contributed by atoms with van der Waals surface area (Å²) in [7, 11) is -2.62. The molecule has 0 aromatic heterocycles. The van der Waals surface area contributed by atoms with E-state index in [2.05, 4.69) is 4.74 Å². The zero-order valence-corrected chi connectivity index (χ0v) is 5.47. The van der Waals surface area contributed by atoms with Crippen molar-refractivity contribution in [2.45, 2.75) is 12.1 Å². The highest BCUT2D eigenvalue weighted by molar-refractivity contribution is 7.33. The Kier molecular flexibility index (Phi) is 1.67. The van der Waals surface area contributed by atoms with Gasteiger partial charge in [-0.05, 0) is 0 Å². The first-order valence-electron chi connectivity index (χ1n) is 2.52. The lowest BCUT2D eigenvalue weighted by molar-refractivity contribution is -0.137. The summed E-state index contributed by atoms with van der Waals surface area (Å²) in [5.74, 6) is -0.605. The molecule has 0 aromatic rings. The summed E-state index contributed by atoms with van der Waals surface area (Å²) in [6.45, 7) is 0.243. The predicted molar refractivity (Wildman–Crippen MR) is 27.7 cm³/mol. The molecule has 1 unspecified atom stereocenters. The van der Waals surface area contributed by atoms with Crippen molar-refractivity contribution in [3.63, 3.8) is 0 Å². The smallest absolute Gasteiger partial charge is 0.330 e. The molecule has 5 heteroatoms. The molecular weight excluding hydrogens is 143 g/mol. The van der Waals surface area contributed by atoms with Crippen molar-refractivity contribution in [2.75, 3.05) is 6.61 Å². The van der Waals surface area contributed by atoms with Crippen LogP contribution < -0.4 is 0 Å². The van der Waals surface area contributed by atoms with Crippen molar-refractivity contribution in [2.24, 2.45) is 0 Å². The van der Waals surface area contributed by atoms with E-state index in [1.807, 2.05) is 0 Å². The highest BCUT2D eigenvalue weighted by Crippen LogP contribution is 2.23. The van der Waals surface area contributed by atoms with Crippen LogP contribution in [0.2, 0.25) is 0 Å². The summed E-state index contributed by atoms with van der Waals surface area (Å²) >= 11 is 0. The number of cyclic esters (lactones) is 1. The van der Waals surface area contributed by atoms with Gasteiger partial charge >= 0.3 is 13.6 Å². The summed E-state index contributed by atoms with van der Waals surface area (Å²) < 4.78 is 24.7. The maximum atomic E-state index is 10.4. The molecule has 0 saturated carbocycles. The molecule has 0 aliphatic carbocycles. The predicted octanol–water partition coefficient (Wildman–Crippen LogP) is 0.475. The maximum Gasteiger partial charge on any atom is 0.330 e. The van der Waals surface area contributed by atoms with Gasteiger partial charge in [-0.2, -0.15) is 0 Å². The number of carbonyl (C=O) groups excluding carboxylic acids is 1. The Bertz CT molecular complexity index is 187. The third-order valence-corrected chi connectivity index (χ3v) is 2.14. The standard InChI is InChI=1S/C4H5O4P/c5-4-3(9(6)7)1-2-8-4/h3H,1-2H2. The topological polar surface area (TPSA) is 60.4 Å². The Morgan fingerprint density at radius 2 is 2.22 bits per heavy atom. The first kappa shape index (κ1) is 6.49. The first-order chi connectivity index (χ1) is 4.22. The van der Waals surface area contributed by atoms with Crippen LogP contribution in [0.25, 0.3) is 0 Å². The fraction of sp³-hybridized carbons (Fsp3) is 0.750. The summed E-state index contributed by atoms with van der Waals surface area (Å²) in [4.78, 5) is 10.4. The summed E-state index contributed by atoms with van der Waals surface area (Å²) in [5.41, 5.74) is -0.875. The van der Waals surface area contributed by atoms with Gasteiger partial charge in [0.2, 0.25) is 0 Å². The third kappa shape index (κ3) is 1.19. The third-order valence-electron chi connectivity index (χ3n) is 1.16. The highest BCUT2D eigenvalue weighted by atomic mass is 31.1. The molecule has 0 amide bonds. The van der Waals surface area contributed by atoms with Crippen LogP contribution in [0.15, 0.2) is 0 Å². The van der Waals surface area contributed by atoms with Crippen molar-refractivity contribution in [3.8, 4) is 0 Å². The molecule has 0 N–H and O–H groups in total. The van der Waals surface area contributed by atoms with E-state index in [1.165, 1.54) is 0 Å². The van der Waals surface area contributed by atoms with Crippen molar-refractivity contribution in [1.29, 1.82) is 0 Å². The molecule has 0 bridgehead atoms. The van der Waals surface area contributed by atoms with E-state index in [0.29, 0.717) is 6.42 Å². The van der Waals surface area contributed by atoms with E-state index in [9.17, 15) is 13.9 Å². The highest BCUT2D eigenvalue weighted by Gasteiger charge is 2.31. The summed E-state index contributed by atoms with van der Waals surface area (Å²) in [6, 6.07) is 0. The molecule has 1 fully saturated rings. The Morgan fingerprint density at radius 1 is 1.56 bits per heavy atom. The van der Waals surface area contributed by atoms with Crippen LogP contribution in [0, 0.1) is 0 Å². The monoisotopic (exact) mass is 148 g/mol. The van der Waals surface area contributed by atoms with Gasteiger partial charge in [0.05, 0.1) is 6.61 Å². The number of hydrogen-bond donors (Lipinski definition) is 0. The van der Waals surface area contributed by atoms with Gasteiger partial charge in [0.15, 0.2) is 5.66 Å². The van der Waals surface area contributed by atoms with Crippen LogP contribution in [0.5, 0.6) is 0 Å². The second-order valence-electron chi connectivity index (χ2n) is 1.76. The van der Waals surface area contributed by atoms with E-state index in [4.69, 9.17) is 0 Å². The molecule has 1 heterocycles. The molecule has 1 aliphatic rings. The minimum Gasteiger partial charge on any atom is -0.465 e. The molecule has 1 aliphatic heterocycles. The zero-order valence-electron chi connectivity index (χ0n) is 4.57. The fourth-order valence-electron chi connectivity index (χ4n) is 0.677. The van der Waals surface area contributed by atoms with Crippen LogP contribution in [-0.4, -0.2) is 18.2 Å². The molecule has 4 nitrogen and oxygen atoms in total. The largest absolute Gasteiger partial charge is 0.465 e. The van der Waals surface area contributed by atoms with Gasteiger partial charge < -0.3 is 4.74 Å². The van der Waals surface area contributed by atoms with Gasteiger partial charge in [-0.1, -0.05) is 0 Å². The van der Waals surface area contributed by atoms with E-state index >= 15 is 0 Å². The first-order valence-corrected chi connectivity index (χ1v) is 3.76. The average molecular weight is 148 g/mol. The van der Waals surface area contributed by atoms with Crippen LogP contribution >= 0.6 is 7.68 Å². The molecule has 1 rings (SSSR count). The van der Waals surface area contributed by atoms with Crippen LogP contribution in [0.4, 0.5) is 0 Å². The van der Waals surface area contributed by atoms with Crippen molar-refractivity contribution in [3.05, 3.63) is 0 Å². The minimum atomic E-state index is -2.62. The van der Waals surface area contributed by atoms with Crippen molar-refractivity contribution < 1.29 is 18.7 Å². The number of hydrogen-bond acceptors (Lipinski definition) is 4. The van der Waals surface area contributed by atoms with Crippen LogP contribution in [0.1, 0.15) is 6.42 Å². The molecule has 1 saturated heterocycles. The van der Waals surface area contributed by atoms with E-state index in [0.717, 1.165) is 0 Å². The Labute approximate surface area is 52.0 Å². The Morgan fingerprint density at radius 3 is 2.44 bits per heavy atom. The maximum absolute atomic E-state index is 10.4. The lowest BCUT2D eigenvalue weighted by atomic mass is 10.4. The number of carbonyl (C=O) groups is 1. The van der Waals surface area contributed by atoms with Crippen LogP contribution in [-0.2, 0) is 18.7 Å². The second kappa shape index (κ2) is 2.31. The molecular formula is C4H5O4P. The normalized spacial score (nSPS) is 25.8. The lowest BCUT2D eigenvalue weighted by Crippen LogP contribution is -2.06. The summed E-state index contributed by atoms with van der Waals surface area (Å²) in [6.07, 6.45) is 0.317. The van der Waals surface area contributed by atoms with Gasteiger partial charge in [0.25, 0.3) is 0 Å². The van der Waals surface area contributed by atoms with Crippen molar-refractivity contribution in [1.82, 2.24) is 0 Å². The fourth-order valence-corrected chi connectivity index (χ4v) is 1.24. The lowest BCUT2D eigenvalue weighted by Gasteiger charge is -1.87. The number of ether oxygens (including phenoxy) is 1. The van der Waals surface area contributed by atoms with Gasteiger partial charge in [0, 0.05) is 6.42 Å². The molecule has 0 aromatic carbocycles. The van der Waals surface area contributed by atoms with Crippen molar-refractivity contribution >= 4 is 13.6 Å². The second-order valence-corrected chi connectivity index (χ2v) is 2.95. The Hall–Kier alpha value is -0.630. The molecule has 50 valence electrons. The van der Waals surface area contributed by atoms with Gasteiger partial charge in [-0.25, -0.2) is 9.13 Å². The molecule has 1 atom stereocenters. The molecule has 0 radical (unpaired) electrons.